The van der Waals surface area contributed by atoms with Gasteiger partial charge in [0.1, 0.15) is 6.61 Å². The molecule has 108 valence electrons. The van der Waals surface area contributed by atoms with Gasteiger partial charge in [0, 0.05) is 13.6 Å². The molecule has 1 heterocycles. The van der Waals surface area contributed by atoms with E-state index in [2.05, 4.69) is 22.5 Å². The first-order chi connectivity index (χ1) is 9.40. The van der Waals surface area contributed by atoms with Gasteiger partial charge in [0.15, 0.2) is 0 Å². The fourth-order valence-corrected chi connectivity index (χ4v) is 2.26. The molecule has 0 radical (unpaired) electrons. The molecule has 0 saturated carbocycles. The van der Waals surface area contributed by atoms with Gasteiger partial charge in [-0.3, -0.25) is 9.59 Å². The molecule has 0 atom stereocenters. The molecular formula is C14H18N2O3S. The quantitative estimate of drug-likeness (QED) is 0.711. The zero-order chi connectivity index (χ0) is 15.2. The first kappa shape index (κ1) is 16.2. The van der Waals surface area contributed by atoms with E-state index >= 15 is 0 Å². The van der Waals surface area contributed by atoms with Crippen LogP contribution in [0.5, 0.6) is 0 Å². The molecule has 5 nitrogen and oxygen atoms in total. The molecular weight excluding hydrogens is 276 g/mol. The minimum absolute atomic E-state index is 0.126. The van der Waals surface area contributed by atoms with E-state index in [1.165, 1.54) is 11.3 Å². The molecule has 0 aliphatic heterocycles. The summed E-state index contributed by atoms with van der Waals surface area (Å²) in [6.45, 7) is 3.57. The van der Waals surface area contributed by atoms with Crippen molar-refractivity contribution in [3.8, 4) is 11.8 Å². The van der Waals surface area contributed by atoms with Crippen molar-refractivity contribution in [2.24, 2.45) is 5.41 Å². The third kappa shape index (κ3) is 4.37. The summed E-state index contributed by atoms with van der Waals surface area (Å²) in [7, 11) is 1.57. The highest BCUT2D eigenvalue weighted by atomic mass is 32.1. The summed E-state index contributed by atoms with van der Waals surface area (Å²) in [4.78, 5) is 24.8. The summed E-state index contributed by atoms with van der Waals surface area (Å²) < 4.78 is 0. The maximum atomic E-state index is 12.0. The Morgan fingerprint density at radius 3 is 2.70 bits per heavy atom. The molecule has 3 N–H and O–H groups in total. The van der Waals surface area contributed by atoms with Gasteiger partial charge in [-0.1, -0.05) is 11.8 Å². The van der Waals surface area contributed by atoms with Gasteiger partial charge in [-0.15, -0.1) is 11.3 Å². The van der Waals surface area contributed by atoms with Crippen LogP contribution in [0, 0.1) is 17.3 Å². The van der Waals surface area contributed by atoms with E-state index < -0.39 is 5.41 Å². The number of aliphatic hydroxyl groups is 1. The van der Waals surface area contributed by atoms with Gasteiger partial charge in [-0.2, -0.15) is 0 Å². The van der Waals surface area contributed by atoms with Crippen molar-refractivity contribution in [3.63, 3.8) is 0 Å². The lowest BCUT2D eigenvalue weighted by Crippen LogP contribution is -2.43. The molecule has 1 aromatic heterocycles. The number of carbonyl (C=O) groups excluding carboxylic acids is 2. The Balaban J connectivity index is 2.63. The van der Waals surface area contributed by atoms with Crippen LogP contribution < -0.4 is 10.6 Å². The second-order valence-corrected chi connectivity index (χ2v) is 5.85. The Morgan fingerprint density at radius 1 is 1.40 bits per heavy atom. The summed E-state index contributed by atoms with van der Waals surface area (Å²) in [5.41, 5.74) is -0.665. The van der Waals surface area contributed by atoms with Crippen molar-refractivity contribution in [2.75, 3.05) is 20.2 Å². The fourth-order valence-electron chi connectivity index (χ4n) is 1.46. The van der Waals surface area contributed by atoms with E-state index in [4.69, 9.17) is 5.11 Å². The van der Waals surface area contributed by atoms with Gasteiger partial charge in [0.2, 0.25) is 5.91 Å². The highest BCUT2D eigenvalue weighted by molar-refractivity contribution is 7.14. The number of hydrogen-bond donors (Lipinski definition) is 3. The molecule has 0 bridgehead atoms. The van der Waals surface area contributed by atoms with Crippen LogP contribution in [0.2, 0.25) is 0 Å². The first-order valence-corrected chi connectivity index (χ1v) is 6.92. The zero-order valence-electron chi connectivity index (χ0n) is 11.7. The van der Waals surface area contributed by atoms with E-state index in [0.29, 0.717) is 4.88 Å². The number of rotatable bonds is 4. The van der Waals surface area contributed by atoms with E-state index in [9.17, 15) is 9.59 Å². The topological polar surface area (TPSA) is 78.4 Å². The number of nitrogens with one attached hydrogen (secondary N) is 2. The summed E-state index contributed by atoms with van der Waals surface area (Å²) >= 11 is 1.25. The van der Waals surface area contributed by atoms with Crippen LogP contribution in [0.1, 0.15) is 28.4 Å². The lowest BCUT2D eigenvalue weighted by molar-refractivity contribution is -0.128. The third-order valence-corrected chi connectivity index (χ3v) is 3.65. The maximum absolute atomic E-state index is 12.0. The number of thiophene rings is 1. The van der Waals surface area contributed by atoms with Gasteiger partial charge in [-0.25, -0.2) is 0 Å². The average molecular weight is 294 g/mol. The van der Waals surface area contributed by atoms with Crippen molar-refractivity contribution in [1.82, 2.24) is 10.6 Å². The fraction of sp³-hybridized carbons (Fsp3) is 0.429. The van der Waals surface area contributed by atoms with Crippen molar-refractivity contribution in [2.45, 2.75) is 13.8 Å². The number of carbonyl (C=O) groups is 2. The van der Waals surface area contributed by atoms with Crippen molar-refractivity contribution in [1.29, 1.82) is 0 Å². The predicted molar refractivity (Wildman–Crippen MR) is 78.5 cm³/mol. The molecule has 20 heavy (non-hydrogen) atoms. The van der Waals surface area contributed by atoms with Crippen LogP contribution >= 0.6 is 11.3 Å². The highest BCUT2D eigenvalue weighted by Crippen LogP contribution is 2.17. The van der Waals surface area contributed by atoms with Gasteiger partial charge in [0.25, 0.3) is 5.91 Å². The average Bonchev–Trinajstić information content (AvgIpc) is 2.90. The standard InChI is InChI=1S/C14H18N2O3S/c1-14(2,13(19)15-3)9-16-12(18)11-7-6-10(20-11)5-4-8-17/h6-7,17H,8-9H2,1-3H3,(H,15,19)(H,16,18). The van der Waals surface area contributed by atoms with Gasteiger partial charge in [0.05, 0.1) is 15.2 Å². The van der Waals surface area contributed by atoms with Crippen LogP contribution in [0.25, 0.3) is 0 Å². The molecule has 0 saturated heterocycles. The van der Waals surface area contributed by atoms with Gasteiger partial charge >= 0.3 is 0 Å². The monoisotopic (exact) mass is 294 g/mol. The van der Waals surface area contributed by atoms with Gasteiger partial charge < -0.3 is 15.7 Å². The molecule has 0 aromatic carbocycles. The highest BCUT2D eigenvalue weighted by Gasteiger charge is 2.27. The molecule has 2 amide bonds. The van der Waals surface area contributed by atoms with Gasteiger partial charge in [-0.05, 0) is 26.0 Å². The molecule has 0 aliphatic carbocycles. The largest absolute Gasteiger partial charge is 0.384 e. The van der Waals surface area contributed by atoms with Crippen LogP contribution in [-0.4, -0.2) is 37.1 Å². The maximum Gasteiger partial charge on any atom is 0.261 e. The Morgan fingerprint density at radius 2 is 2.10 bits per heavy atom. The normalized spacial score (nSPS) is 10.4. The van der Waals surface area contributed by atoms with Crippen LogP contribution in [0.15, 0.2) is 12.1 Å². The van der Waals surface area contributed by atoms with Crippen LogP contribution in [0.4, 0.5) is 0 Å². The lowest BCUT2D eigenvalue weighted by atomic mass is 9.92. The number of hydrogen-bond acceptors (Lipinski definition) is 4. The SMILES string of the molecule is CNC(=O)C(C)(C)CNC(=O)c1ccc(C#CCO)s1. The van der Waals surface area contributed by atoms with Crippen LogP contribution in [-0.2, 0) is 4.79 Å². The second-order valence-electron chi connectivity index (χ2n) is 4.77. The predicted octanol–water partition coefficient (Wildman–Crippen LogP) is 0.594. The molecule has 6 heteroatoms. The summed E-state index contributed by atoms with van der Waals surface area (Å²) in [6, 6.07) is 3.40. The second kappa shape index (κ2) is 7.08. The minimum atomic E-state index is -0.665. The minimum Gasteiger partial charge on any atom is -0.384 e. The Labute approximate surface area is 122 Å². The van der Waals surface area contributed by atoms with E-state index in [-0.39, 0.29) is 25.0 Å². The van der Waals surface area contributed by atoms with E-state index in [1.807, 2.05) is 0 Å². The summed E-state index contributed by atoms with van der Waals surface area (Å²) in [5, 5.41) is 13.9. The number of aliphatic hydroxyl groups excluding tert-OH is 1. The smallest absolute Gasteiger partial charge is 0.261 e. The Kier molecular flexibility index (Phi) is 5.74. The van der Waals surface area contributed by atoms with Crippen LogP contribution in [0.3, 0.4) is 0 Å². The molecule has 0 fully saturated rings. The van der Waals surface area contributed by atoms with Crippen molar-refractivity contribution in [3.05, 3.63) is 21.9 Å². The summed E-state index contributed by atoms with van der Waals surface area (Å²) in [6.07, 6.45) is 0. The van der Waals surface area contributed by atoms with Crippen molar-refractivity contribution < 1.29 is 14.7 Å². The Bertz CT molecular complexity index is 552. The lowest BCUT2D eigenvalue weighted by Gasteiger charge is -2.22. The molecule has 0 spiro atoms. The van der Waals surface area contributed by atoms with E-state index in [1.54, 1.807) is 33.0 Å². The molecule has 0 aliphatic rings. The summed E-state index contributed by atoms with van der Waals surface area (Å²) in [5.74, 6) is 4.91. The van der Waals surface area contributed by atoms with Crippen molar-refractivity contribution >= 4 is 23.2 Å². The molecule has 0 unspecified atom stereocenters. The third-order valence-electron chi connectivity index (χ3n) is 2.65. The Hall–Kier alpha value is -1.84. The zero-order valence-corrected chi connectivity index (χ0v) is 12.6. The molecule has 1 aromatic rings. The first-order valence-electron chi connectivity index (χ1n) is 6.10. The molecule has 1 rings (SSSR count). The van der Waals surface area contributed by atoms with E-state index in [0.717, 1.165) is 4.88 Å². The number of amides is 2.